The number of likely N-dealkylation sites (tertiary alicyclic amines) is 1. The van der Waals surface area contributed by atoms with Crippen molar-refractivity contribution in [1.82, 2.24) is 19.6 Å². The Morgan fingerprint density at radius 1 is 0.986 bits per heavy atom. The summed E-state index contributed by atoms with van der Waals surface area (Å²) in [5, 5.41) is 31.6. The van der Waals surface area contributed by atoms with Crippen LogP contribution in [0.15, 0.2) is 82.8 Å². The first-order valence-corrected chi connectivity index (χ1v) is 27.2. The number of nitro benzene ring substituents is 1. The molecule has 1 amide bonds. The van der Waals surface area contributed by atoms with Gasteiger partial charge in [-0.25, -0.2) is 31.7 Å². The lowest BCUT2D eigenvalue weighted by atomic mass is 9.59. The van der Waals surface area contributed by atoms with Crippen LogP contribution in [-0.2, 0) is 20.0 Å². The second kappa shape index (κ2) is 18.1. The minimum Gasteiger partial charge on any atom is -0.489 e. The summed E-state index contributed by atoms with van der Waals surface area (Å²) in [6.07, 6.45) is 10.5. The third-order valence-electron chi connectivity index (χ3n) is 15.6. The Hall–Kier alpha value is -5.80. The Labute approximate surface area is 407 Å². The Balaban J connectivity index is 0.895. The zero-order valence-electron chi connectivity index (χ0n) is 39.5. The Morgan fingerprint density at radius 2 is 1.73 bits per heavy atom. The summed E-state index contributed by atoms with van der Waals surface area (Å²) >= 11 is 0. The number of carbonyl (C=O) groups is 1. The van der Waals surface area contributed by atoms with Crippen LogP contribution in [0.25, 0.3) is 11.0 Å². The number of nitrogens with one attached hydrogen (secondary N) is 3. The van der Waals surface area contributed by atoms with E-state index in [4.69, 9.17) is 14.6 Å². The van der Waals surface area contributed by atoms with Gasteiger partial charge in [-0.1, -0.05) is 38.1 Å². The average Bonchev–Trinajstić information content (AvgIpc) is 3.99. The van der Waals surface area contributed by atoms with Crippen LogP contribution in [0.3, 0.4) is 0 Å². The topological polar surface area (TPSA) is 252 Å². The number of hydrogen-bond acceptors (Lipinski definition) is 14. The van der Waals surface area contributed by atoms with Crippen molar-refractivity contribution in [1.29, 1.82) is 0 Å². The van der Waals surface area contributed by atoms with Crippen LogP contribution >= 0.6 is 0 Å². The molecule has 18 nitrogen and oxygen atoms in total. The number of nitro groups is 1. The van der Waals surface area contributed by atoms with E-state index < -0.39 is 52.1 Å². The van der Waals surface area contributed by atoms with E-state index in [2.05, 4.69) is 67.9 Å². The van der Waals surface area contributed by atoms with Gasteiger partial charge in [-0.2, -0.15) is 0 Å². The fourth-order valence-electron chi connectivity index (χ4n) is 11.7. The molecule has 5 aromatic rings. The lowest BCUT2D eigenvalue weighted by Crippen LogP contribution is -2.54. The molecule has 372 valence electrons. The molecule has 4 fully saturated rings. The average molecular weight is 997 g/mol. The summed E-state index contributed by atoms with van der Waals surface area (Å²) in [5.74, 6) is -1.15. The van der Waals surface area contributed by atoms with E-state index in [1.54, 1.807) is 31.3 Å². The molecule has 3 aromatic carbocycles. The van der Waals surface area contributed by atoms with E-state index in [0.29, 0.717) is 67.8 Å². The van der Waals surface area contributed by atoms with Gasteiger partial charge in [0.1, 0.15) is 18.0 Å². The van der Waals surface area contributed by atoms with Crippen molar-refractivity contribution in [2.24, 2.45) is 16.5 Å². The number of H-pyrrole nitrogens is 1. The molecule has 2 atom stereocenters. The number of aromatic nitrogens is 2. The number of fused-ring (bicyclic) bond motifs is 2. The summed E-state index contributed by atoms with van der Waals surface area (Å²) in [6, 6.07) is 19.2. The number of nitrogens with zero attached hydrogens (tertiary/aromatic N) is 4. The number of piperidine rings is 1. The maximum atomic E-state index is 14.2. The van der Waals surface area contributed by atoms with Gasteiger partial charge < -0.3 is 29.8 Å². The minimum absolute atomic E-state index is 0.0260. The molecule has 0 unspecified atom stereocenters. The Bertz CT molecular complexity index is 3080. The number of ether oxygens (including phenoxy) is 2. The molecule has 2 aromatic heterocycles. The molecule has 20 heteroatoms. The number of pyridine rings is 1. The molecule has 2 aliphatic carbocycles. The van der Waals surface area contributed by atoms with Crippen LogP contribution in [0.1, 0.15) is 118 Å². The Morgan fingerprint density at radius 3 is 2.44 bits per heavy atom. The molecule has 2 saturated heterocycles. The highest BCUT2D eigenvalue weighted by Crippen LogP contribution is 2.54. The third kappa shape index (κ3) is 9.31. The van der Waals surface area contributed by atoms with Gasteiger partial charge in [-0.05, 0) is 130 Å². The Kier molecular flexibility index (Phi) is 12.4. The van der Waals surface area contributed by atoms with E-state index in [9.17, 15) is 36.9 Å². The molecule has 2 saturated carbocycles. The van der Waals surface area contributed by atoms with Crippen LogP contribution in [-0.4, -0.2) is 91.6 Å². The largest absolute Gasteiger partial charge is 0.489 e. The SMILES string of the molecule is CC(C)c1ccccc1[C@H]1CCCN1C1CC2(CCN(c3ccc(C(=O)NS(=O)(=O)c4cc5c(c([N+](=O)[O-])c4)N[C@@H](C4CCC(C)(O)CC4)CO5)c(Oc4cc5cc[nH]c5nc4S(N)(=O)=O)c3)CC2)C1. The van der Waals surface area contributed by atoms with Crippen LogP contribution < -0.4 is 29.6 Å². The van der Waals surface area contributed by atoms with Crippen molar-refractivity contribution in [2.45, 2.75) is 125 Å². The first-order valence-electron chi connectivity index (χ1n) is 24.2. The van der Waals surface area contributed by atoms with Crippen LogP contribution in [0.4, 0.5) is 17.1 Å². The summed E-state index contributed by atoms with van der Waals surface area (Å²) in [7, 11) is -9.28. The van der Waals surface area contributed by atoms with Gasteiger partial charge in [0.2, 0.25) is 5.03 Å². The highest BCUT2D eigenvalue weighted by Gasteiger charge is 2.50. The molecule has 5 aliphatic rings. The lowest BCUT2D eigenvalue weighted by molar-refractivity contribution is -0.384. The fourth-order valence-corrected chi connectivity index (χ4v) is 13.3. The number of rotatable bonds is 12. The number of hydrogen-bond donors (Lipinski definition) is 5. The van der Waals surface area contributed by atoms with E-state index in [1.807, 2.05) is 0 Å². The number of anilines is 2. The predicted molar refractivity (Wildman–Crippen MR) is 263 cm³/mol. The van der Waals surface area contributed by atoms with Gasteiger partial charge in [-0.15, -0.1) is 0 Å². The van der Waals surface area contributed by atoms with Gasteiger partial charge in [0.05, 0.1) is 27.0 Å². The van der Waals surface area contributed by atoms with E-state index in [0.717, 1.165) is 50.8 Å². The van der Waals surface area contributed by atoms with Crippen molar-refractivity contribution in [3.63, 3.8) is 0 Å². The maximum absolute atomic E-state index is 14.2. The van der Waals surface area contributed by atoms with Crippen LogP contribution in [0.5, 0.6) is 17.2 Å². The monoisotopic (exact) mass is 996 g/mol. The van der Waals surface area contributed by atoms with E-state index in [1.165, 1.54) is 29.7 Å². The summed E-state index contributed by atoms with van der Waals surface area (Å²) in [4.78, 5) is 37.4. The number of nitrogens with two attached hydrogens (primary N) is 1. The smallest absolute Gasteiger partial charge is 0.297 e. The molecule has 0 bridgehead atoms. The summed E-state index contributed by atoms with van der Waals surface area (Å²) in [5.41, 5.74) is 2.40. The zero-order valence-corrected chi connectivity index (χ0v) is 41.2. The fraction of sp³-hybridized carbons (Fsp3) is 0.480. The number of sulfonamides is 2. The third-order valence-corrected chi connectivity index (χ3v) is 17.8. The van der Waals surface area contributed by atoms with Crippen LogP contribution in [0.2, 0.25) is 0 Å². The molecular weight excluding hydrogens is 937 g/mol. The van der Waals surface area contributed by atoms with Crippen molar-refractivity contribution >= 4 is 54.0 Å². The van der Waals surface area contributed by atoms with Crippen molar-refractivity contribution in [3.8, 4) is 17.2 Å². The molecule has 70 heavy (non-hydrogen) atoms. The molecule has 10 rings (SSSR count). The first-order chi connectivity index (χ1) is 33.3. The maximum Gasteiger partial charge on any atom is 0.297 e. The highest BCUT2D eigenvalue weighted by atomic mass is 32.2. The predicted octanol–water partition coefficient (Wildman–Crippen LogP) is 7.85. The van der Waals surface area contributed by atoms with Crippen LogP contribution in [0, 0.1) is 21.4 Å². The number of carbonyl (C=O) groups excluding carboxylic acids is 1. The molecule has 6 N–H and O–H groups in total. The van der Waals surface area contributed by atoms with E-state index >= 15 is 0 Å². The lowest BCUT2D eigenvalue weighted by Gasteiger charge is -2.56. The number of primary sulfonamides is 1. The number of aliphatic hydroxyl groups is 1. The molecule has 1 spiro atoms. The second-order valence-electron chi connectivity index (χ2n) is 20.7. The van der Waals surface area contributed by atoms with Gasteiger partial charge in [0.25, 0.3) is 31.6 Å². The van der Waals surface area contributed by atoms with Crippen molar-refractivity contribution in [2.75, 3.05) is 36.5 Å². The zero-order chi connectivity index (χ0) is 49.3. The number of amides is 1. The minimum atomic E-state index is -4.80. The van der Waals surface area contributed by atoms with Gasteiger partial charge in [0.15, 0.2) is 17.2 Å². The normalized spacial score (nSPS) is 23.9. The summed E-state index contributed by atoms with van der Waals surface area (Å²) in [6.45, 7) is 8.93. The highest BCUT2D eigenvalue weighted by molar-refractivity contribution is 7.90. The number of benzene rings is 3. The molecule has 5 heterocycles. The molecular formula is C50H60N8O10S2. The standard InChI is InChI=1S/C50H60N8O10S2/c1-30(2)36-7-4-5-8-37(36)40-9-6-20-57(40)34-27-50(28-34)17-21-56(22-18-50)33-10-11-38(42(24-33)68-44-23-32-14-19-52-46(32)54-48(44)69(51,63)64)47(59)55-70(65,66)35-25-41(58(61)62)45-43(26-35)67-29-39(53-45)31-12-15-49(3,60)16-13-31/h4-5,7-8,10-11,14,19,23-26,30-31,34,39-40,53,60H,6,9,12-13,15-18,20-22,27-29H2,1-3H3,(H,52,54)(H,55,59)(H2,51,63,64)/t31?,39-,40-,49?/m1/s1. The van der Waals surface area contributed by atoms with Crippen molar-refractivity contribution < 1.29 is 41.1 Å². The first kappa shape index (κ1) is 47.9. The van der Waals surface area contributed by atoms with E-state index in [-0.39, 0.29) is 58.1 Å². The number of aromatic amines is 1. The van der Waals surface area contributed by atoms with Gasteiger partial charge >= 0.3 is 0 Å². The van der Waals surface area contributed by atoms with Gasteiger partial charge in [0, 0.05) is 60.6 Å². The van der Waals surface area contributed by atoms with Crippen molar-refractivity contribution in [3.05, 3.63) is 99.7 Å². The summed E-state index contributed by atoms with van der Waals surface area (Å²) < 4.78 is 68.2. The second-order valence-corrected chi connectivity index (χ2v) is 23.8. The van der Waals surface area contributed by atoms with Gasteiger partial charge in [-0.3, -0.25) is 19.8 Å². The quantitative estimate of drug-likeness (QED) is 0.0590. The molecule has 0 radical (unpaired) electrons. The molecule has 3 aliphatic heterocycles.